The van der Waals surface area contributed by atoms with Crippen LogP contribution in [-0.4, -0.2) is 45.1 Å². The number of sulfone groups is 1. The van der Waals surface area contributed by atoms with Crippen molar-refractivity contribution in [3.05, 3.63) is 24.3 Å². The van der Waals surface area contributed by atoms with Crippen LogP contribution in [0.2, 0.25) is 0 Å². The fourth-order valence-corrected chi connectivity index (χ4v) is 4.13. The zero-order valence-corrected chi connectivity index (χ0v) is 13.7. The Kier molecular flexibility index (Phi) is 4.75. The fourth-order valence-electron chi connectivity index (χ4n) is 2.46. The molecule has 126 valence electrons. The lowest BCUT2D eigenvalue weighted by Gasteiger charge is -2.12. The second kappa shape index (κ2) is 6.78. The summed E-state index contributed by atoms with van der Waals surface area (Å²) in [6.07, 6.45) is 2.97. The van der Waals surface area contributed by atoms with Gasteiger partial charge in [-0.2, -0.15) is 0 Å². The van der Waals surface area contributed by atoms with Crippen molar-refractivity contribution < 1.29 is 22.7 Å². The smallest absolute Gasteiger partial charge is 0.258 e. The normalized spacial score (nSPS) is 22.5. The van der Waals surface area contributed by atoms with Gasteiger partial charge >= 0.3 is 0 Å². The van der Waals surface area contributed by atoms with E-state index in [9.17, 15) is 13.2 Å². The van der Waals surface area contributed by atoms with Crippen molar-refractivity contribution in [1.29, 1.82) is 0 Å². The molecule has 1 amide bonds. The highest BCUT2D eigenvalue weighted by Gasteiger charge is 2.28. The lowest BCUT2D eigenvalue weighted by Crippen LogP contribution is -2.38. The first kappa shape index (κ1) is 16.1. The van der Waals surface area contributed by atoms with Gasteiger partial charge in [0.15, 0.2) is 16.4 Å². The molecule has 0 radical (unpaired) electrons. The minimum atomic E-state index is -2.99. The quantitative estimate of drug-likeness (QED) is 0.806. The highest BCUT2D eigenvalue weighted by Crippen LogP contribution is 2.29. The van der Waals surface area contributed by atoms with Gasteiger partial charge in [0, 0.05) is 6.04 Å². The molecule has 0 bridgehead atoms. The van der Waals surface area contributed by atoms with E-state index in [1.54, 1.807) is 12.1 Å². The molecule has 1 saturated carbocycles. The molecule has 1 aromatic carbocycles. The van der Waals surface area contributed by atoms with Gasteiger partial charge in [-0.25, -0.2) is 8.42 Å². The standard InChI is InChI=1S/C16H21NO5S/c18-16(17-13-7-8-23(19,20)11-13)10-22-15-5-3-14(4-6-15)21-9-12-1-2-12/h3-6,12-13H,1-2,7-11H2,(H,17,18)/t13-/m1/s1. The Morgan fingerprint density at radius 1 is 1.09 bits per heavy atom. The van der Waals surface area contributed by atoms with E-state index < -0.39 is 9.84 Å². The molecule has 1 aromatic rings. The van der Waals surface area contributed by atoms with E-state index in [-0.39, 0.29) is 30.1 Å². The number of nitrogens with one attached hydrogen (secondary N) is 1. The van der Waals surface area contributed by atoms with Gasteiger partial charge in [0.2, 0.25) is 0 Å². The van der Waals surface area contributed by atoms with Gasteiger partial charge in [0.05, 0.1) is 18.1 Å². The molecule has 1 heterocycles. The fraction of sp³-hybridized carbons (Fsp3) is 0.562. The van der Waals surface area contributed by atoms with E-state index in [1.165, 1.54) is 12.8 Å². The average Bonchev–Trinajstić information content (AvgIpc) is 3.28. The highest BCUT2D eigenvalue weighted by molar-refractivity contribution is 7.91. The lowest BCUT2D eigenvalue weighted by molar-refractivity contribution is -0.123. The third-order valence-corrected chi connectivity index (χ3v) is 5.74. The Bertz CT molecular complexity index is 652. The van der Waals surface area contributed by atoms with Crippen molar-refractivity contribution in [2.75, 3.05) is 24.7 Å². The molecule has 1 aliphatic carbocycles. The van der Waals surface area contributed by atoms with Gasteiger partial charge in [-0.05, 0) is 49.4 Å². The molecule has 1 atom stereocenters. The lowest BCUT2D eigenvalue weighted by atomic mass is 10.2. The summed E-state index contributed by atoms with van der Waals surface area (Å²) in [6, 6.07) is 6.86. The predicted octanol–water partition coefficient (Wildman–Crippen LogP) is 1.16. The van der Waals surface area contributed by atoms with Crippen molar-refractivity contribution in [2.45, 2.75) is 25.3 Å². The average molecular weight is 339 g/mol. The second-order valence-electron chi connectivity index (χ2n) is 6.18. The molecule has 1 saturated heterocycles. The zero-order chi connectivity index (χ0) is 16.3. The second-order valence-corrected chi connectivity index (χ2v) is 8.41. The first-order valence-electron chi connectivity index (χ1n) is 7.86. The minimum Gasteiger partial charge on any atom is -0.493 e. The van der Waals surface area contributed by atoms with E-state index in [2.05, 4.69) is 5.32 Å². The molecule has 0 unspecified atom stereocenters. The first-order chi connectivity index (χ1) is 11.0. The van der Waals surface area contributed by atoms with Crippen molar-refractivity contribution >= 4 is 15.7 Å². The molecular weight excluding hydrogens is 318 g/mol. The van der Waals surface area contributed by atoms with Crippen molar-refractivity contribution in [3.8, 4) is 11.5 Å². The van der Waals surface area contributed by atoms with Gasteiger partial charge in [0.25, 0.3) is 5.91 Å². The largest absolute Gasteiger partial charge is 0.493 e. The summed E-state index contributed by atoms with van der Waals surface area (Å²) in [4.78, 5) is 11.8. The molecule has 23 heavy (non-hydrogen) atoms. The summed E-state index contributed by atoms with van der Waals surface area (Å²) < 4.78 is 33.7. The summed E-state index contributed by atoms with van der Waals surface area (Å²) in [5, 5.41) is 2.69. The summed E-state index contributed by atoms with van der Waals surface area (Å²) >= 11 is 0. The van der Waals surface area contributed by atoms with Crippen LogP contribution < -0.4 is 14.8 Å². The molecular formula is C16H21NO5S. The summed E-state index contributed by atoms with van der Waals surface area (Å²) in [5.41, 5.74) is 0. The SMILES string of the molecule is O=C(COc1ccc(OCC2CC2)cc1)N[C@@H]1CCS(=O)(=O)C1. The van der Waals surface area contributed by atoms with E-state index in [1.807, 2.05) is 12.1 Å². The number of carbonyl (C=O) groups is 1. The van der Waals surface area contributed by atoms with Gasteiger partial charge in [-0.3, -0.25) is 4.79 Å². The molecule has 3 rings (SSSR count). The molecule has 6 nitrogen and oxygen atoms in total. The maximum atomic E-state index is 11.8. The molecule has 7 heteroatoms. The predicted molar refractivity (Wildman–Crippen MR) is 85.4 cm³/mol. The van der Waals surface area contributed by atoms with E-state index in [0.717, 1.165) is 12.4 Å². The number of carbonyl (C=O) groups excluding carboxylic acids is 1. The van der Waals surface area contributed by atoms with E-state index >= 15 is 0 Å². The highest BCUT2D eigenvalue weighted by atomic mass is 32.2. The number of benzene rings is 1. The third kappa shape index (κ3) is 5.13. The summed E-state index contributed by atoms with van der Waals surface area (Å²) in [6.45, 7) is 0.631. The van der Waals surface area contributed by atoms with E-state index in [4.69, 9.17) is 9.47 Å². The van der Waals surface area contributed by atoms with Crippen LogP contribution in [0, 0.1) is 5.92 Å². The van der Waals surface area contributed by atoms with Crippen LogP contribution in [0.4, 0.5) is 0 Å². The number of amides is 1. The first-order valence-corrected chi connectivity index (χ1v) is 9.68. The van der Waals surface area contributed by atoms with Crippen molar-refractivity contribution in [2.24, 2.45) is 5.92 Å². The van der Waals surface area contributed by atoms with Crippen LogP contribution in [-0.2, 0) is 14.6 Å². The van der Waals surface area contributed by atoms with Crippen LogP contribution in [0.1, 0.15) is 19.3 Å². The molecule has 1 aliphatic heterocycles. The Morgan fingerprint density at radius 3 is 2.30 bits per heavy atom. The van der Waals surface area contributed by atoms with Crippen LogP contribution in [0.15, 0.2) is 24.3 Å². The van der Waals surface area contributed by atoms with Crippen LogP contribution in [0.5, 0.6) is 11.5 Å². The Hall–Kier alpha value is -1.76. The van der Waals surface area contributed by atoms with E-state index in [0.29, 0.717) is 18.1 Å². The van der Waals surface area contributed by atoms with Crippen molar-refractivity contribution in [1.82, 2.24) is 5.32 Å². The minimum absolute atomic E-state index is 0.0196. The van der Waals surface area contributed by atoms with Gasteiger partial charge in [-0.1, -0.05) is 0 Å². The summed E-state index contributed by atoms with van der Waals surface area (Å²) in [5.74, 6) is 1.94. The Balaban J connectivity index is 1.39. The number of rotatable bonds is 7. The van der Waals surface area contributed by atoms with Crippen LogP contribution >= 0.6 is 0 Å². The third-order valence-electron chi connectivity index (χ3n) is 3.97. The molecule has 1 N–H and O–H groups in total. The van der Waals surface area contributed by atoms with Gasteiger partial charge in [-0.15, -0.1) is 0 Å². The zero-order valence-electron chi connectivity index (χ0n) is 12.9. The number of ether oxygens (including phenoxy) is 2. The molecule has 2 fully saturated rings. The number of hydrogen-bond donors (Lipinski definition) is 1. The molecule has 2 aliphatic rings. The molecule has 0 spiro atoms. The summed E-state index contributed by atoms with van der Waals surface area (Å²) in [7, 11) is -2.99. The Morgan fingerprint density at radius 2 is 1.74 bits per heavy atom. The maximum absolute atomic E-state index is 11.8. The van der Waals surface area contributed by atoms with Gasteiger partial charge in [0.1, 0.15) is 11.5 Å². The monoisotopic (exact) mass is 339 g/mol. The van der Waals surface area contributed by atoms with Crippen molar-refractivity contribution in [3.63, 3.8) is 0 Å². The topological polar surface area (TPSA) is 81.7 Å². The number of hydrogen-bond acceptors (Lipinski definition) is 5. The van der Waals surface area contributed by atoms with Crippen LogP contribution in [0.25, 0.3) is 0 Å². The molecule has 0 aromatic heterocycles. The maximum Gasteiger partial charge on any atom is 0.258 e. The Labute approximate surface area is 136 Å². The van der Waals surface area contributed by atoms with Crippen LogP contribution in [0.3, 0.4) is 0 Å². The van der Waals surface area contributed by atoms with Gasteiger partial charge < -0.3 is 14.8 Å².